The van der Waals surface area contributed by atoms with Crippen molar-refractivity contribution in [3.8, 4) is 6.07 Å². The maximum absolute atomic E-state index is 9.15. The average molecular weight is 260 g/mol. The van der Waals surface area contributed by atoms with Crippen LogP contribution in [0.5, 0.6) is 0 Å². The Morgan fingerprint density at radius 1 is 1.21 bits per heavy atom. The van der Waals surface area contributed by atoms with Crippen LogP contribution in [0.1, 0.15) is 18.4 Å². The molecule has 0 bridgehead atoms. The van der Waals surface area contributed by atoms with Gasteiger partial charge in [-0.1, -0.05) is 12.1 Å². The fraction of sp³-hybridized carbons (Fsp3) is 0.533. The standard InChI is InChI=1S/C15H20N2O2/c1-18-15(19-2)12-7-9-17(10-8-12)14-6-4-3-5-13(14)11-16/h3-6,12,15H,7-10H2,1-2H3. The molecule has 0 amide bonds. The smallest absolute Gasteiger partial charge is 0.159 e. The van der Waals surface area contributed by atoms with E-state index in [-0.39, 0.29) is 6.29 Å². The number of ether oxygens (including phenoxy) is 2. The highest BCUT2D eigenvalue weighted by molar-refractivity contribution is 5.59. The van der Waals surface area contributed by atoms with Crippen LogP contribution >= 0.6 is 0 Å². The van der Waals surface area contributed by atoms with Crippen LogP contribution in [0, 0.1) is 17.2 Å². The quantitative estimate of drug-likeness (QED) is 0.780. The van der Waals surface area contributed by atoms with Gasteiger partial charge in [-0.05, 0) is 25.0 Å². The lowest BCUT2D eigenvalue weighted by atomic mass is 9.95. The highest BCUT2D eigenvalue weighted by Gasteiger charge is 2.27. The lowest BCUT2D eigenvalue weighted by molar-refractivity contribution is -0.141. The molecular weight excluding hydrogens is 240 g/mol. The summed E-state index contributed by atoms with van der Waals surface area (Å²) in [4.78, 5) is 2.28. The maximum atomic E-state index is 9.15. The van der Waals surface area contributed by atoms with Crippen molar-refractivity contribution in [2.45, 2.75) is 19.1 Å². The van der Waals surface area contributed by atoms with Crippen LogP contribution in [0.4, 0.5) is 5.69 Å². The molecule has 0 saturated carbocycles. The molecule has 1 saturated heterocycles. The highest BCUT2D eigenvalue weighted by Crippen LogP contribution is 2.28. The van der Waals surface area contributed by atoms with Crippen molar-refractivity contribution in [3.63, 3.8) is 0 Å². The molecule has 1 heterocycles. The van der Waals surface area contributed by atoms with Crippen LogP contribution < -0.4 is 4.90 Å². The van der Waals surface area contributed by atoms with Crippen molar-refractivity contribution in [3.05, 3.63) is 29.8 Å². The van der Waals surface area contributed by atoms with Crippen molar-refractivity contribution in [1.29, 1.82) is 5.26 Å². The van der Waals surface area contributed by atoms with E-state index in [2.05, 4.69) is 11.0 Å². The molecule has 0 N–H and O–H groups in total. The molecule has 1 aliphatic rings. The Balaban J connectivity index is 2.02. The second-order valence-corrected chi connectivity index (χ2v) is 4.79. The minimum absolute atomic E-state index is 0.117. The Hall–Kier alpha value is -1.57. The van der Waals surface area contributed by atoms with Gasteiger partial charge < -0.3 is 14.4 Å². The van der Waals surface area contributed by atoms with Crippen molar-refractivity contribution in [1.82, 2.24) is 0 Å². The first-order chi connectivity index (χ1) is 9.30. The highest BCUT2D eigenvalue weighted by atomic mass is 16.7. The number of rotatable bonds is 4. The van der Waals surface area contributed by atoms with Crippen molar-refractivity contribution >= 4 is 5.69 Å². The van der Waals surface area contributed by atoms with Gasteiger partial charge in [0.1, 0.15) is 6.07 Å². The van der Waals surface area contributed by atoms with Crippen LogP contribution in [-0.4, -0.2) is 33.6 Å². The molecule has 102 valence electrons. The molecule has 1 aliphatic heterocycles. The SMILES string of the molecule is COC(OC)C1CCN(c2ccccc2C#N)CC1. The molecule has 1 fully saturated rings. The van der Waals surface area contributed by atoms with E-state index in [4.69, 9.17) is 14.7 Å². The number of methoxy groups -OCH3 is 2. The van der Waals surface area contributed by atoms with E-state index in [9.17, 15) is 0 Å². The largest absolute Gasteiger partial charge is 0.370 e. The Labute approximate surface area is 114 Å². The number of benzene rings is 1. The maximum Gasteiger partial charge on any atom is 0.159 e. The first-order valence-corrected chi connectivity index (χ1v) is 6.59. The zero-order valence-electron chi connectivity index (χ0n) is 11.5. The minimum Gasteiger partial charge on any atom is -0.370 e. The second-order valence-electron chi connectivity index (χ2n) is 4.79. The molecule has 4 heteroatoms. The number of nitriles is 1. The van der Waals surface area contributed by atoms with Gasteiger partial charge in [-0.2, -0.15) is 5.26 Å². The Kier molecular flexibility index (Phi) is 4.78. The number of hydrogen-bond acceptors (Lipinski definition) is 4. The van der Waals surface area contributed by atoms with E-state index in [0.29, 0.717) is 5.92 Å². The lowest BCUT2D eigenvalue weighted by Gasteiger charge is -2.36. The molecule has 1 aromatic carbocycles. The van der Waals surface area contributed by atoms with Gasteiger partial charge in [-0.15, -0.1) is 0 Å². The summed E-state index contributed by atoms with van der Waals surface area (Å²) in [5.74, 6) is 0.431. The number of hydrogen-bond donors (Lipinski definition) is 0. The minimum atomic E-state index is -0.117. The van der Waals surface area contributed by atoms with E-state index in [0.717, 1.165) is 37.2 Å². The zero-order valence-corrected chi connectivity index (χ0v) is 11.5. The predicted molar refractivity (Wildman–Crippen MR) is 73.9 cm³/mol. The Morgan fingerprint density at radius 2 is 1.84 bits per heavy atom. The normalized spacial score (nSPS) is 16.6. The molecule has 19 heavy (non-hydrogen) atoms. The summed E-state index contributed by atoms with van der Waals surface area (Å²) in [6.45, 7) is 1.87. The fourth-order valence-electron chi connectivity index (χ4n) is 2.74. The molecule has 0 atom stereocenters. The predicted octanol–water partition coefficient (Wildman–Crippen LogP) is 2.39. The lowest BCUT2D eigenvalue weighted by Crippen LogP contribution is -2.39. The van der Waals surface area contributed by atoms with Crippen LogP contribution in [0.15, 0.2) is 24.3 Å². The molecule has 0 aliphatic carbocycles. The molecule has 0 unspecified atom stereocenters. The third kappa shape index (κ3) is 3.06. The fourth-order valence-corrected chi connectivity index (χ4v) is 2.74. The zero-order chi connectivity index (χ0) is 13.7. The number of nitrogens with zero attached hydrogens (tertiary/aromatic N) is 2. The van der Waals surface area contributed by atoms with Crippen molar-refractivity contribution in [2.75, 3.05) is 32.2 Å². The van der Waals surface area contributed by atoms with Gasteiger partial charge in [0, 0.05) is 33.2 Å². The van der Waals surface area contributed by atoms with E-state index >= 15 is 0 Å². The van der Waals surface area contributed by atoms with Crippen LogP contribution in [0.2, 0.25) is 0 Å². The molecule has 4 nitrogen and oxygen atoms in total. The van der Waals surface area contributed by atoms with Crippen LogP contribution in [0.3, 0.4) is 0 Å². The van der Waals surface area contributed by atoms with E-state index in [1.54, 1.807) is 14.2 Å². The summed E-state index contributed by atoms with van der Waals surface area (Å²) in [5.41, 5.74) is 1.78. The van der Waals surface area contributed by atoms with Gasteiger partial charge in [-0.3, -0.25) is 0 Å². The summed E-state index contributed by atoms with van der Waals surface area (Å²) in [6, 6.07) is 10.0. The average Bonchev–Trinajstić information content (AvgIpc) is 2.49. The van der Waals surface area contributed by atoms with E-state index in [1.807, 2.05) is 24.3 Å². The first-order valence-electron chi connectivity index (χ1n) is 6.59. The Morgan fingerprint density at radius 3 is 2.42 bits per heavy atom. The number of anilines is 1. The monoisotopic (exact) mass is 260 g/mol. The third-order valence-corrected chi connectivity index (χ3v) is 3.75. The molecule has 1 aromatic rings. The van der Waals surface area contributed by atoms with Gasteiger partial charge >= 0.3 is 0 Å². The first kappa shape index (κ1) is 13.9. The molecular formula is C15H20N2O2. The molecule has 0 aromatic heterocycles. The van der Waals surface area contributed by atoms with Gasteiger partial charge in [0.2, 0.25) is 0 Å². The number of piperidine rings is 1. The summed E-state index contributed by atoms with van der Waals surface area (Å²) in [5, 5.41) is 9.15. The van der Waals surface area contributed by atoms with Crippen molar-refractivity contribution in [2.24, 2.45) is 5.92 Å². The molecule has 2 rings (SSSR count). The van der Waals surface area contributed by atoms with Crippen molar-refractivity contribution < 1.29 is 9.47 Å². The van der Waals surface area contributed by atoms with Gasteiger partial charge in [0.05, 0.1) is 11.3 Å². The van der Waals surface area contributed by atoms with Gasteiger partial charge in [0.25, 0.3) is 0 Å². The number of para-hydroxylation sites is 1. The Bertz CT molecular complexity index is 444. The van der Waals surface area contributed by atoms with Crippen LogP contribution in [-0.2, 0) is 9.47 Å². The summed E-state index contributed by atoms with van der Waals surface area (Å²) < 4.78 is 10.7. The van der Waals surface area contributed by atoms with E-state index in [1.165, 1.54) is 0 Å². The van der Waals surface area contributed by atoms with Gasteiger partial charge in [-0.25, -0.2) is 0 Å². The second kappa shape index (κ2) is 6.55. The third-order valence-electron chi connectivity index (χ3n) is 3.75. The topological polar surface area (TPSA) is 45.5 Å². The summed E-state index contributed by atoms with van der Waals surface area (Å²) in [6.07, 6.45) is 1.92. The summed E-state index contributed by atoms with van der Waals surface area (Å²) >= 11 is 0. The van der Waals surface area contributed by atoms with Gasteiger partial charge in [0.15, 0.2) is 6.29 Å². The molecule has 0 spiro atoms. The van der Waals surface area contributed by atoms with E-state index < -0.39 is 0 Å². The van der Waals surface area contributed by atoms with Crippen LogP contribution in [0.25, 0.3) is 0 Å². The molecule has 0 radical (unpaired) electrons. The summed E-state index contributed by atoms with van der Waals surface area (Å²) in [7, 11) is 3.37.